The average molecular weight is 304 g/mol. The van der Waals surface area contributed by atoms with E-state index in [1.165, 1.54) is 11.3 Å². The lowest BCUT2D eigenvalue weighted by molar-refractivity contribution is 0.205. The third-order valence-electron chi connectivity index (χ3n) is 3.36. The van der Waals surface area contributed by atoms with E-state index in [-0.39, 0.29) is 6.03 Å². The Bertz CT molecular complexity index is 613. The van der Waals surface area contributed by atoms with Crippen LogP contribution in [0.2, 0.25) is 0 Å². The van der Waals surface area contributed by atoms with E-state index >= 15 is 0 Å². The molecule has 1 heterocycles. The van der Waals surface area contributed by atoms with Gasteiger partial charge in [-0.05, 0) is 18.9 Å². The maximum absolute atomic E-state index is 12.4. The molecular formula is C14H16N4O2S. The van der Waals surface area contributed by atoms with Gasteiger partial charge in [0.15, 0.2) is 0 Å². The summed E-state index contributed by atoms with van der Waals surface area (Å²) in [5.41, 5.74) is 2.59. The SMILES string of the molecule is COc1ccccc1CN(C(=O)Nc1nncs1)C1CC1. The van der Waals surface area contributed by atoms with Crippen LogP contribution in [0.15, 0.2) is 29.8 Å². The molecular weight excluding hydrogens is 288 g/mol. The maximum Gasteiger partial charge on any atom is 0.324 e. The standard InChI is InChI=1S/C14H16N4O2S/c1-20-12-5-3-2-4-10(12)8-18(11-6-7-11)14(19)16-13-17-15-9-21-13/h2-5,9,11H,6-8H2,1H3,(H,16,17,19). The Morgan fingerprint density at radius 3 is 2.95 bits per heavy atom. The van der Waals surface area contributed by atoms with E-state index in [4.69, 9.17) is 4.74 Å². The fourth-order valence-corrected chi connectivity index (χ4v) is 2.60. The number of ether oxygens (including phenoxy) is 1. The van der Waals surface area contributed by atoms with Crippen molar-refractivity contribution in [2.24, 2.45) is 0 Å². The third kappa shape index (κ3) is 3.30. The minimum absolute atomic E-state index is 0.139. The number of carbonyl (C=O) groups is 1. The minimum atomic E-state index is -0.139. The molecule has 1 aliphatic rings. The molecule has 1 aromatic carbocycles. The van der Waals surface area contributed by atoms with Crippen LogP contribution in [0, 0.1) is 0 Å². The van der Waals surface area contributed by atoms with Gasteiger partial charge in [0, 0.05) is 11.6 Å². The molecule has 1 N–H and O–H groups in total. The zero-order chi connectivity index (χ0) is 14.7. The molecule has 110 valence electrons. The molecule has 0 unspecified atom stereocenters. The second-order valence-electron chi connectivity index (χ2n) is 4.84. The molecule has 0 atom stereocenters. The van der Waals surface area contributed by atoms with Crippen molar-refractivity contribution in [3.63, 3.8) is 0 Å². The molecule has 6 nitrogen and oxygen atoms in total. The second-order valence-corrected chi connectivity index (χ2v) is 5.68. The summed E-state index contributed by atoms with van der Waals surface area (Å²) < 4.78 is 5.35. The highest BCUT2D eigenvalue weighted by molar-refractivity contribution is 7.13. The number of benzene rings is 1. The summed E-state index contributed by atoms with van der Waals surface area (Å²) in [5.74, 6) is 0.798. The van der Waals surface area contributed by atoms with Gasteiger partial charge in [-0.25, -0.2) is 4.79 Å². The quantitative estimate of drug-likeness (QED) is 0.922. The van der Waals surface area contributed by atoms with Crippen LogP contribution in [-0.4, -0.2) is 34.3 Å². The summed E-state index contributed by atoms with van der Waals surface area (Å²) in [6.45, 7) is 0.527. The van der Waals surface area contributed by atoms with E-state index in [9.17, 15) is 4.79 Å². The number of amides is 2. The number of hydrogen-bond donors (Lipinski definition) is 1. The summed E-state index contributed by atoms with van der Waals surface area (Å²) in [5, 5.41) is 10.9. The van der Waals surface area contributed by atoms with Crippen molar-refractivity contribution in [3.8, 4) is 5.75 Å². The number of anilines is 1. The van der Waals surface area contributed by atoms with Crippen LogP contribution in [0.4, 0.5) is 9.93 Å². The van der Waals surface area contributed by atoms with Crippen LogP contribution < -0.4 is 10.1 Å². The van der Waals surface area contributed by atoms with Crippen molar-refractivity contribution in [1.82, 2.24) is 15.1 Å². The molecule has 1 aromatic heterocycles. The predicted octanol–water partition coefficient (Wildman–Crippen LogP) is 2.74. The van der Waals surface area contributed by atoms with Gasteiger partial charge in [0.2, 0.25) is 5.13 Å². The van der Waals surface area contributed by atoms with Gasteiger partial charge in [0.05, 0.1) is 13.7 Å². The lowest BCUT2D eigenvalue weighted by Gasteiger charge is -2.23. The van der Waals surface area contributed by atoms with Gasteiger partial charge in [-0.2, -0.15) is 0 Å². The first-order valence-corrected chi connectivity index (χ1v) is 7.61. The predicted molar refractivity (Wildman–Crippen MR) is 80.5 cm³/mol. The lowest BCUT2D eigenvalue weighted by atomic mass is 10.2. The highest BCUT2D eigenvalue weighted by Crippen LogP contribution is 2.31. The summed E-state index contributed by atoms with van der Waals surface area (Å²) in [7, 11) is 1.64. The van der Waals surface area contributed by atoms with Crippen molar-refractivity contribution < 1.29 is 9.53 Å². The molecule has 1 saturated carbocycles. The molecule has 2 amide bonds. The van der Waals surface area contributed by atoms with E-state index in [1.807, 2.05) is 29.2 Å². The monoisotopic (exact) mass is 304 g/mol. The molecule has 0 saturated heterocycles. The minimum Gasteiger partial charge on any atom is -0.496 e. The molecule has 3 rings (SSSR count). The van der Waals surface area contributed by atoms with Crippen molar-refractivity contribution in [2.45, 2.75) is 25.4 Å². The van der Waals surface area contributed by atoms with E-state index in [0.29, 0.717) is 17.7 Å². The summed E-state index contributed by atoms with van der Waals surface area (Å²) >= 11 is 1.31. The normalized spacial score (nSPS) is 13.8. The summed E-state index contributed by atoms with van der Waals surface area (Å²) in [6, 6.07) is 7.91. The van der Waals surface area contributed by atoms with Gasteiger partial charge < -0.3 is 9.64 Å². The zero-order valence-electron chi connectivity index (χ0n) is 11.7. The van der Waals surface area contributed by atoms with Crippen molar-refractivity contribution >= 4 is 22.5 Å². The summed E-state index contributed by atoms with van der Waals surface area (Å²) in [6.07, 6.45) is 2.08. The van der Waals surface area contributed by atoms with E-state index < -0.39 is 0 Å². The first kappa shape index (κ1) is 13.8. The Morgan fingerprint density at radius 2 is 2.29 bits per heavy atom. The largest absolute Gasteiger partial charge is 0.496 e. The molecule has 0 aliphatic heterocycles. The van der Waals surface area contributed by atoms with Crippen LogP contribution in [0.25, 0.3) is 0 Å². The molecule has 21 heavy (non-hydrogen) atoms. The maximum atomic E-state index is 12.4. The third-order valence-corrected chi connectivity index (χ3v) is 3.96. The Hall–Kier alpha value is -2.15. The van der Waals surface area contributed by atoms with Crippen LogP contribution in [0.1, 0.15) is 18.4 Å². The van der Waals surface area contributed by atoms with Gasteiger partial charge in [0.25, 0.3) is 0 Å². The van der Waals surface area contributed by atoms with Crippen molar-refractivity contribution in [3.05, 3.63) is 35.3 Å². The number of urea groups is 1. The van der Waals surface area contributed by atoms with Crippen LogP contribution >= 0.6 is 11.3 Å². The molecule has 0 spiro atoms. The number of carbonyl (C=O) groups excluding carboxylic acids is 1. The molecule has 0 radical (unpaired) electrons. The molecule has 1 aliphatic carbocycles. The number of nitrogens with zero attached hydrogens (tertiary/aromatic N) is 3. The topological polar surface area (TPSA) is 67.3 Å². The Labute approximate surface area is 126 Å². The number of para-hydroxylation sites is 1. The average Bonchev–Trinajstić information content (AvgIpc) is 3.22. The van der Waals surface area contributed by atoms with Gasteiger partial charge >= 0.3 is 6.03 Å². The zero-order valence-corrected chi connectivity index (χ0v) is 12.5. The Balaban J connectivity index is 1.74. The number of nitrogens with one attached hydrogen (secondary N) is 1. The molecule has 7 heteroatoms. The fraction of sp³-hybridized carbons (Fsp3) is 0.357. The van der Waals surface area contributed by atoms with E-state index in [1.54, 1.807) is 12.6 Å². The Morgan fingerprint density at radius 1 is 1.48 bits per heavy atom. The number of methoxy groups -OCH3 is 1. The molecule has 2 aromatic rings. The number of aromatic nitrogens is 2. The first-order valence-electron chi connectivity index (χ1n) is 6.73. The van der Waals surface area contributed by atoms with Gasteiger partial charge in [-0.3, -0.25) is 5.32 Å². The number of hydrogen-bond acceptors (Lipinski definition) is 5. The highest BCUT2D eigenvalue weighted by atomic mass is 32.1. The fourth-order valence-electron chi connectivity index (χ4n) is 2.16. The molecule has 0 bridgehead atoms. The van der Waals surface area contributed by atoms with Crippen molar-refractivity contribution in [2.75, 3.05) is 12.4 Å². The van der Waals surface area contributed by atoms with Crippen LogP contribution in [0.3, 0.4) is 0 Å². The van der Waals surface area contributed by atoms with Gasteiger partial charge in [-0.15, -0.1) is 10.2 Å². The van der Waals surface area contributed by atoms with Gasteiger partial charge in [-0.1, -0.05) is 29.5 Å². The smallest absolute Gasteiger partial charge is 0.324 e. The van der Waals surface area contributed by atoms with Gasteiger partial charge in [0.1, 0.15) is 11.3 Å². The Kier molecular flexibility index (Phi) is 4.01. The number of rotatable bonds is 5. The van der Waals surface area contributed by atoms with E-state index in [0.717, 1.165) is 24.2 Å². The first-order chi connectivity index (χ1) is 10.3. The summed E-state index contributed by atoms with van der Waals surface area (Å²) in [4.78, 5) is 14.2. The van der Waals surface area contributed by atoms with Crippen LogP contribution in [-0.2, 0) is 6.54 Å². The van der Waals surface area contributed by atoms with Crippen LogP contribution in [0.5, 0.6) is 5.75 Å². The second kappa shape index (κ2) is 6.09. The van der Waals surface area contributed by atoms with E-state index in [2.05, 4.69) is 15.5 Å². The lowest BCUT2D eigenvalue weighted by Crippen LogP contribution is -2.36. The van der Waals surface area contributed by atoms with Crippen molar-refractivity contribution in [1.29, 1.82) is 0 Å². The highest BCUT2D eigenvalue weighted by Gasteiger charge is 2.33. The molecule has 1 fully saturated rings.